The zero-order chi connectivity index (χ0) is 14.9. The Balaban J connectivity index is 2.06. The maximum absolute atomic E-state index is 11.9. The first-order valence-electron chi connectivity index (χ1n) is 6.13. The molecular weight excluding hydrogens is 326 g/mol. The van der Waals surface area contributed by atoms with Crippen LogP contribution < -0.4 is 5.32 Å². The van der Waals surface area contributed by atoms with Crippen LogP contribution in [-0.4, -0.2) is 17.6 Å². The summed E-state index contributed by atoms with van der Waals surface area (Å²) in [5, 5.41) is 13.1. The Hall–Kier alpha value is -1.53. The molecule has 2 aromatic heterocycles. The number of carbonyl (C=O) groups excluding carboxylic acids is 1. The number of hydrogen-bond donors (Lipinski definition) is 2. The van der Waals surface area contributed by atoms with Crippen molar-refractivity contribution in [2.24, 2.45) is 0 Å². The Morgan fingerprint density at radius 1 is 1.40 bits per heavy atom. The van der Waals surface area contributed by atoms with Gasteiger partial charge in [-0.15, -0.1) is 0 Å². The minimum atomic E-state index is -1.21. The molecule has 2 N–H and O–H groups in total. The van der Waals surface area contributed by atoms with E-state index < -0.39 is 5.60 Å². The van der Waals surface area contributed by atoms with Crippen LogP contribution in [0.15, 0.2) is 31.7 Å². The Labute approximate surface area is 125 Å². The lowest BCUT2D eigenvalue weighted by Crippen LogP contribution is -2.38. The Morgan fingerprint density at radius 3 is 2.60 bits per heavy atom. The number of rotatable bonds is 4. The zero-order valence-electron chi connectivity index (χ0n) is 11.5. The molecule has 6 heteroatoms. The van der Waals surface area contributed by atoms with Gasteiger partial charge < -0.3 is 19.3 Å². The third-order valence-electron chi connectivity index (χ3n) is 3.01. The SMILES string of the molecule is Cc1cc([C@](C)(O)CNC(=O)c2ccc(Br)o2)c(C)o1. The van der Waals surface area contributed by atoms with E-state index in [9.17, 15) is 9.90 Å². The summed E-state index contributed by atoms with van der Waals surface area (Å²) < 4.78 is 11.0. The van der Waals surface area contributed by atoms with Gasteiger partial charge in [0.1, 0.15) is 17.1 Å². The standard InChI is InChI=1S/C14H16BrNO4/c1-8-6-10(9(2)19-8)14(3,18)7-16-13(17)11-4-5-12(15)20-11/h4-6,18H,7H2,1-3H3,(H,16,17)/t14-/m1/s1. The van der Waals surface area contributed by atoms with Crippen LogP contribution in [-0.2, 0) is 5.60 Å². The highest BCUT2D eigenvalue weighted by Crippen LogP contribution is 2.26. The Kier molecular flexibility index (Phi) is 4.06. The van der Waals surface area contributed by atoms with E-state index in [0.717, 1.165) is 5.76 Å². The number of halogens is 1. The van der Waals surface area contributed by atoms with E-state index in [1.165, 1.54) is 0 Å². The third kappa shape index (κ3) is 3.13. The Bertz CT molecular complexity index is 627. The highest BCUT2D eigenvalue weighted by atomic mass is 79.9. The topological polar surface area (TPSA) is 75.6 Å². The monoisotopic (exact) mass is 341 g/mol. The molecule has 0 aliphatic rings. The van der Waals surface area contributed by atoms with Gasteiger partial charge in [0, 0.05) is 5.56 Å². The fourth-order valence-corrected chi connectivity index (χ4v) is 2.34. The molecule has 0 fully saturated rings. The number of aliphatic hydroxyl groups is 1. The van der Waals surface area contributed by atoms with Gasteiger partial charge >= 0.3 is 0 Å². The van der Waals surface area contributed by atoms with E-state index in [-0.39, 0.29) is 18.2 Å². The molecule has 0 aromatic carbocycles. The Morgan fingerprint density at radius 2 is 2.10 bits per heavy atom. The molecule has 0 aliphatic heterocycles. The van der Waals surface area contributed by atoms with E-state index in [2.05, 4.69) is 21.2 Å². The molecular formula is C14H16BrNO4. The maximum Gasteiger partial charge on any atom is 0.287 e. The third-order valence-corrected chi connectivity index (χ3v) is 3.44. The summed E-state index contributed by atoms with van der Waals surface area (Å²) in [4.78, 5) is 11.9. The van der Waals surface area contributed by atoms with Crippen LogP contribution in [0.5, 0.6) is 0 Å². The lowest BCUT2D eigenvalue weighted by molar-refractivity contribution is 0.0506. The molecule has 2 heterocycles. The number of hydrogen-bond acceptors (Lipinski definition) is 4. The largest absolute Gasteiger partial charge is 0.466 e. The van der Waals surface area contributed by atoms with E-state index in [1.807, 2.05) is 6.92 Å². The van der Waals surface area contributed by atoms with Crippen molar-refractivity contribution in [2.45, 2.75) is 26.4 Å². The second-order valence-electron chi connectivity index (χ2n) is 4.89. The lowest BCUT2D eigenvalue weighted by Gasteiger charge is -2.23. The molecule has 0 bridgehead atoms. The summed E-state index contributed by atoms with van der Waals surface area (Å²) >= 11 is 3.13. The minimum Gasteiger partial charge on any atom is -0.466 e. The van der Waals surface area contributed by atoms with Crippen LogP contribution in [0.25, 0.3) is 0 Å². The molecule has 5 nitrogen and oxygen atoms in total. The van der Waals surface area contributed by atoms with Crippen molar-refractivity contribution in [3.63, 3.8) is 0 Å². The van der Waals surface area contributed by atoms with Crippen molar-refractivity contribution in [1.29, 1.82) is 0 Å². The summed E-state index contributed by atoms with van der Waals surface area (Å²) in [6, 6.07) is 4.96. The quantitative estimate of drug-likeness (QED) is 0.896. The lowest BCUT2D eigenvalue weighted by atomic mass is 9.96. The molecule has 20 heavy (non-hydrogen) atoms. The van der Waals surface area contributed by atoms with E-state index in [0.29, 0.717) is 16.0 Å². The van der Waals surface area contributed by atoms with Gasteiger partial charge in [0.25, 0.3) is 5.91 Å². The van der Waals surface area contributed by atoms with Crippen molar-refractivity contribution in [1.82, 2.24) is 5.32 Å². The fraction of sp³-hybridized carbons (Fsp3) is 0.357. The van der Waals surface area contributed by atoms with Crippen molar-refractivity contribution in [3.8, 4) is 0 Å². The van der Waals surface area contributed by atoms with E-state index in [4.69, 9.17) is 8.83 Å². The highest BCUT2D eigenvalue weighted by molar-refractivity contribution is 9.10. The summed E-state index contributed by atoms with van der Waals surface area (Å²) in [6.07, 6.45) is 0. The predicted octanol–water partition coefficient (Wildman–Crippen LogP) is 2.89. The predicted molar refractivity (Wildman–Crippen MR) is 76.5 cm³/mol. The molecule has 0 saturated carbocycles. The summed E-state index contributed by atoms with van der Waals surface area (Å²) in [7, 11) is 0. The minimum absolute atomic E-state index is 0.0595. The first-order valence-corrected chi connectivity index (χ1v) is 6.92. The molecule has 1 amide bonds. The number of carbonyl (C=O) groups is 1. The maximum atomic E-state index is 11.9. The van der Waals surface area contributed by atoms with Crippen LogP contribution in [0.2, 0.25) is 0 Å². The summed E-state index contributed by atoms with van der Waals surface area (Å²) in [6.45, 7) is 5.28. The molecule has 0 aliphatic carbocycles. The van der Waals surface area contributed by atoms with Gasteiger partial charge in [-0.1, -0.05) is 0 Å². The van der Waals surface area contributed by atoms with Crippen LogP contribution >= 0.6 is 15.9 Å². The summed E-state index contributed by atoms with van der Waals surface area (Å²) in [5.74, 6) is 1.17. The second kappa shape index (κ2) is 5.46. The molecule has 0 spiro atoms. The zero-order valence-corrected chi connectivity index (χ0v) is 13.1. The molecule has 0 unspecified atom stereocenters. The van der Waals surface area contributed by atoms with Crippen LogP contribution in [0.3, 0.4) is 0 Å². The molecule has 1 atom stereocenters. The smallest absolute Gasteiger partial charge is 0.287 e. The van der Waals surface area contributed by atoms with Gasteiger partial charge in [-0.05, 0) is 54.9 Å². The van der Waals surface area contributed by atoms with Gasteiger partial charge in [-0.2, -0.15) is 0 Å². The van der Waals surface area contributed by atoms with Gasteiger partial charge in [0.15, 0.2) is 10.4 Å². The summed E-state index contributed by atoms with van der Waals surface area (Å²) in [5.41, 5.74) is -0.544. The van der Waals surface area contributed by atoms with Gasteiger partial charge in [-0.3, -0.25) is 4.79 Å². The van der Waals surface area contributed by atoms with Crippen molar-refractivity contribution < 1.29 is 18.7 Å². The van der Waals surface area contributed by atoms with E-state index >= 15 is 0 Å². The van der Waals surface area contributed by atoms with Gasteiger partial charge in [0.05, 0.1) is 6.54 Å². The molecule has 2 aromatic rings. The van der Waals surface area contributed by atoms with Gasteiger partial charge in [0.2, 0.25) is 0 Å². The van der Waals surface area contributed by atoms with Crippen molar-refractivity contribution >= 4 is 21.8 Å². The average Bonchev–Trinajstić information content (AvgIpc) is 2.93. The normalized spacial score (nSPS) is 14.1. The number of aryl methyl sites for hydroxylation is 2. The van der Waals surface area contributed by atoms with Gasteiger partial charge in [-0.25, -0.2) is 0 Å². The first-order chi connectivity index (χ1) is 9.29. The molecule has 108 valence electrons. The fourth-order valence-electron chi connectivity index (χ4n) is 2.04. The number of amides is 1. The molecule has 2 rings (SSSR count). The van der Waals surface area contributed by atoms with E-state index in [1.54, 1.807) is 32.0 Å². The first kappa shape index (κ1) is 14.9. The number of nitrogens with one attached hydrogen (secondary N) is 1. The molecule has 0 radical (unpaired) electrons. The van der Waals surface area contributed by atoms with Crippen LogP contribution in [0, 0.1) is 13.8 Å². The van der Waals surface area contributed by atoms with Crippen molar-refractivity contribution in [2.75, 3.05) is 6.54 Å². The van der Waals surface area contributed by atoms with Crippen LogP contribution in [0.4, 0.5) is 0 Å². The number of furan rings is 2. The van der Waals surface area contributed by atoms with Crippen molar-refractivity contribution in [3.05, 3.63) is 45.7 Å². The second-order valence-corrected chi connectivity index (χ2v) is 5.67. The molecule has 0 saturated heterocycles. The average molecular weight is 342 g/mol. The highest BCUT2D eigenvalue weighted by Gasteiger charge is 2.28. The van der Waals surface area contributed by atoms with Crippen LogP contribution in [0.1, 0.15) is 34.6 Å².